The number of ether oxygens (including phenoxy) is 2. The third-order valence-electron chi connectivity index (χ3n) is 4.98. The summed E-state index contributed by atoms with van der Waals surface area (Å²) in [5.41, 5.74) is 2.42. The van der Waals surface area contributed by atoms with E-state index >= 15 is 0 Å². The molecule has 158 valence electrons. The third kappa shape index (κ3) is 4.28. The number of carbonyl (C=O) groups excluding carboxylic acids is 1. The highest BCUT2D eigenvalue weighted by Crippen LogP contribution is 2.21. The van der Waals surface area contributed by atoms with Gasteiger partial charge in [0, 0.05) is 36.6 Å². The van der Waals surface area contributed by atoms with Gasteiger partial charge in [-0.05, 0) is 54.6 Å². The summed E-state index contributed by atoms with van der Waals surface area (Å²) in [6.45, 7) is 0.667. The van der Waals surface area contributed by atoms with Crippen LogP contribution in [0.2, 0.25) is 0 Å². The van der Waals surface area contributed by atoms with Gasteiger partial charge in [-0.3, -0.25) is 9.59 Å². The van der Waals surface area contributed by atoms with E-state index in [9.17, 15) is 9.59 Å². The van der Waals surface area contributed by atoms with Gasteiger partial charge in [-0.1, -0.05) is 0 Å². The smallest absolute Gasteiger partial charge is 0.276 e. The van der Waals surface area contributed by atoms with Gasteiger partial charge in [0.05, 0.1) is 19.9 Å². The van der Waals surface area contributed by atoms with Gasteiger partial charge in [0.15, 0.2) is 0 Å². The highest BCUT2D eigenvalue weighted by Gasteiger charge is 2.10. The van der Waals surface area contributed by atoms with Crippen LogP contribution in [0, 0.1) is 0 Å². The molecule has 2 aromatic heterocycles. The molecule has 0 radical (unpaired) electrons. The summed E-state index contributed by atoms with van der Waals surface area (Å²) in [5, 5.41) is 7.31. The summed E-state index contributed by atoms with van der Waals surface area (Å²) in [6, 6.07) is 16.1. The van der Waals surface area contributed by atoms with Crippen molar-refractivity contribution in [3.63, 3.8) is 0 Å². The summed E-state index contributed by atoms with van der Waals surface area (Å²) < 4.78 is 13.4. The second kappa shape index (κ2) is 8.74. The first-order chi connectivity index (χ1) is 15.1. The number of amides is 1. The lowest BCUT2D eigenvalue weighted by atomic mass is 10.1. The van der Waals surface area contributed by atoms with Crippen molar-refractivity contribution >= 4 is 11.4 Å². The van der Waals surface area contributed by atoms with Crippen LogP contribution in [0.3, 0.4) is 0 Å². The van der Waals surface area contributed by atoms with Crippen LogP contribution in [0.25, 0.3) is 16.8 Å². The number of aromatic nitrogens is 3. The lowest BCUT2D eigenvalue weighted by Gasteiger charge is -2.08. The highest BCUT2D eigenvalue weighted by molar-refractivity contribution is 5.94. The first-order valence-corrected chi connectivity index (χ1v) is 9.74. The first-order valence-electron chi connectivity index (χ1n) is 9.74. The van der Waals surface area contributed by atoms with Crippen molar-refractivity contribution in [3.05, 3.63) is 82.9 Å². The van der Waals surface area contributed by atoms with Crippen LogP contribution in [0.5, 0.6) is 11.5 Å². The van der Waals surface area contributed by atoms with Gasteiger partial charge in [0.1, 0.15) is 17.0 Å². The number of nitrogens with one attached hydrogen (secondary N) is 1. The molecule has 0 bridgehead atoms. The van der Waals surface area contributed by atoms with Crippen molar-refractivity contribution in [2.45, 2.75) is 6.54 Å². The van der Waals surface area contributed by atoms with E-state index in [4.69, 9.17) is 9.47 Å². The van der Waals surface area contributed by atoms with Gasteiger partial charge in [-0.15, -0.1) is 0 Å². The van der Waals surface area contributed by atoms with Crippen molar-refractivity contribution in [2.24, 2.45) is 0 Å². The molecule has 0 saturated heterocycles. The fourth-order valence-corrected chi connectivity index (χ4v) is 3.24. The lowest BCUT2D eigenvalue weighted by molar-refractivity contribution is 0.0952. The normalized spacial score (nSPS) is 10.8. The second-order valence-electron chi connectivity index (χ2n) is 6.87. The quantitative estimate of drug-likeness (QED) is 0.499. The van der Waals surface area contributed by atoms with E-state index in [0.717, 1.165) is 11.3 Å². The molecule has 0 atom stereocenters. The number of rotatable bonds is 7. The summed E-state index contributed by atoms with van der Waals surface area (Å²) >= 11 is 0. The molecule has 8 heteroatoms. The molecule has 2 heterocycles. The zero-order chi connectivity index (χ0) is 21.8. The van der Waals surface area contributed by atoms with E-state index in [-0.39, 0.29) is 11.5 Å². The molecule has 1 amide bonds. The van der Waals surface area contributed by atoms with Crippen LogP contribution in [0.15, 0.2) is 71.8 Å². The minimum Gasteiger partial charge on any atom is -0.497 e. The molecule has 0 aliphatic carbocycles. The number of hydrogen-bond acceptors (Lipinski definition) is 5. The first kappa shape index (κ1) is 20.2. The van der Waals surface area contributed by atoms with E-state index < -0.39 is 0 Å². The Balaban J connectivity index is 1.46. The van der Waals surface area contributed by atoms with Crippen molar-refractivity contribution in [3.8, 4) is 22.8 Å². The minimum atomic E-state index is -0.206. The summed E-state index contributed by atoms with van der Waals surface area (Å²) in [4.78, 5) is 25.1. The fourth-order valence-electron chi connectivity index (χ4n) is 3.24. The maximum Gasteiger partial charge on any atom is 0.276 e. The fraction of sp³-hybridized carbons (Fsp3) is 0.174. The predicted octanol–water partition coefficient (Wildman–Crippen LogP) is 2.61. The number of hydrogen-bond donors (Lipinski definition) is 1. The van der Waals surface area contributed by atoms with Crippen LogP contribution in [0.1, 0.15) is 10.4 Å². The standard InChI is InChI=1S/C23H22N4O4/c1-30-18-7-3-16(4-8-18)20-15-21-23(29)26(13-14-27(21)25-20)12-11-24-22(28)17-5-9-19(31-2)10-6-17/h3-10,13-15H,11-12H2,1-2H3,(H,24,28). The maximum absolute atomic E-state index is 12.8. The highest BCUT2D eigenvalue weighted by atomic mass is 16.5. The van der Waals surface area contributed by atoms with E-state index in [1.54, 1.807) is 66.0 Å². The second-order valence-corrected chi connectivity index (χ2v) is 6.87. The molecule has 0 unspecified atom stereocenters. The molecule has 31 heavy (non-hydrogen) atoms. The van der Waals surface area contributed by atoms with Crippen LogP contribution in [0.4, 0.5) is 0 Å². The molecule has 4 aromatic rings. The SMILES string of the molecule is COc1ccc(C(=O)NCCn2ccn3nc(-c4ccc(OC)cc4)cc3c2=O)cc1. The third-order valence-corrected chi connectivity index (χ3v) is 4.98. The Morgan fingerprint density at radius 1 is 0.968 bits per heavy atom. The number of benzene rings is 2. The predicted molar refractivity (Wildman–Crippen MR) is 117 cm³/mol. The summed E-state index contributed by atoms with van der Waals surface area (Å²) in [5.74, 6) is 1.24. The average molecular weight is 418 g/mol. The monoisotopic (exact) mass is 418 g/mol. The summed E-state index contributed by atoms with van der Waals surface area (Å²) in [7, 11) is 3.19. The molecule has 0 aliphatic heterocycles. The van der Waals surface area contributed by atoms with Crippen LogP contribution in [-0.2, 0) is 6.54 Å². The molecular weight excluding hydrogens is 396 g/mol. The Kier molecular flexibility index (Phi) is 5.70. The number of nitrogens with zero attached hydrogens (tertiary/aromatic N) is 3. The van der Waals surface area contributed by atoms with Crippen LogP contribution >= 0.6 is 0 Å². The minimum absolute atomic E-state index is 0.173. The summed E-state index contributed by atoms with van der Waals surface area (Å²) in [6.07, 6.45) is 3.40. The molecule has 8 nitrogen and oxygen atoms in total. The van der Waals surface area contributed by atoms with Crippen LogP contribution in [-0.4, -0.2) is 40.9 Å². The van der Waals surface area contributed by atoms with Gasteiger partial charge < -0.3 is 19.4 Å². The number of methoxy groups -OCH3 is 2. The van der Waals surface area contributed by atoms with E-state index in [2.05, 4.69) is 10.4 Å². The van der Waals surface area contributed by atoms with Gasteiger partial charge in [-0.2, -0.15) is 5.10 Å². The van der Waals surface area contributed by atoms with E-state index in [0.29, 0.717) is 35.6 Å². The van der Waals surface area contributed by atoms with Gasteiger partial charge in [0.2, 0.25) is 0 Å². The maximum atomic E-state index is 12.8. The van der Waals surface area contributed by atoms with Crippen LogP contribution < -0.4 is 20.3 Å². The van der Waals surface area contributed by atoms with Gasteiger partial charge in [-0.25, -0.2) is 4.52 Å². The topological polar surface area (TPSA) is 86.9 Å². The molecule has 0 saturated carbocycles. The molecule has 0 fully saturated rings. The average Bonchev–Trinajstić information content (AvgIpc) is 3.26. The zero-order valence-corrected chi connectivity index (χ0v) is 17.2. The zero-order valence-electron chi connectivity index (χ0n) is 17.2. The van der Waals surface area contributed by atoms with E-state index in [1.807, 2.05) is 24.3 Å². The van der Waals surface area contributed by atoms with Crippen molar-refractivity contribution in [1.29, 1.82) is 0 Å². The van der Waals surface area contributed by atoms with Gasteiger partial charge >= 0.3 is 0 Å². The molecule has 4 rings (SSSR count). The Bertz CT molecular complexity index is 1260. The molecular formula is C23H22N4O4. The van der Waals surface area contributed by atoms with Crippen molar-refractivity contribution < 1.29 is 14.3 Å². The van der Waals surface area contributed by atoms with Crippen molar-refractivity contribution in [1.82, 2.24) is 19.5 Å². The molecule has 0 aliphatic rings. The molecule has 2 aromatic carbocycles. The van der Waals surface area contributed by atoms with Crippen molar-refractivity contribution in [2.75, 3.05) is 20.8 Å². The lowest BCUT2D eigenvalue weighted by Crippen LogP contribution is -2.31. The van der Waals surface area contributed by atoms with E-state index in [1.165, 1.54) is 0 Å². The largest absolute Gasteiger partial charge is 0.497 e. The van der Waals surface area contributed by atoms with Gasteiger partial charge in [0.25, 0.3) is 11.5 Å². The number of fused-ring (bicyclic) bond motifs is 1. The Labute approximate surface area is 178 Å². The Hall–Kier alpha value is -4.07. The Morgan fingerprint density at radius 2 is 1.61 bits per heavy atom. The number of carbonyl (C=O) groups is 1. The molecule has 0 spiro atoms. The molecule has 1 N–H and O–H groups in total. The Morgan fingerprint density at radius 3 is 2.26 bits per heavy atom.